The van der Waals surface area contributed by atoms with Crippen LogP contribution >= 0.6 is 0 Å². The number of aliphatic hydroxyl groups excluding tert-OH is 2. The van der Waals surface area contributed by atoms with Crippen molar-refractivity contribution >= 4 is 0 Å². The summed E-state index contributed by atoms with van der Waals surface area (Å²) in [5.74, 6) is 0.535. The van der Waals surface area contributed by atoms with Gasteiger partial charge in [0.15, 0.2) is 0 Å². The maximum absolute atomic E-state index is 9.12. The molecule has 14 heavy (non-hydrogen) atoms. The first-order valence-electron chi connectivity index (χ1n) is 5.97. The van der Waals surface area contributed by atoms with Gasteiger partial charge in [-0.3, -0.25) is 0 Å². The van der Waals surface area contributed by atoms with Crippen molar-refractivity contribution in [2.45, 2.75) is 52.4 Å². The molecule has 0 bridgehead atoms. The number of hydrogen-bond donors (Lipinski definition) is 2. The molecule has 0 saturated carbocycles. The Hall–Kier alpha value is -0.0800. The zero-order valence-corrected chi connectivity index (χ0v) is 9.71. The summed E-state index contributed by atoms with van der Waals surface area (Å²) in [5.41, 5.74) is 0. The summed E-state index contributed by atoms with van der Waals surface area (Å²) in [6.45, 7) is 4.63. The fourth-order valence-corrected chi connectivity index (χ4v) is 1.71. The van der Waals surface area contributed by atoms with Crippen molar-refractivity contribution in [2.75, 3.05) is 13.2 Å². The van der Waals surface area contributed by atoms with Crippen LogP contribution in [0.25, 0.3) is 0 Å². The Morgan fingerprint density at radius 1 is 0.929 bits per heavy atom. The van der Waals surface area contributed by atoms with Crippen LogP contribution in [-0.4, -0.2) is 23.4 Å². The van der Waals surface area contributed by atoms with E-state index in [9.17, 15) is 0 Å². The second-order valence-electron chi connectivity index (χ2n) is 4.31. The van der Waals surface area contributed by atoms with Crippen molar-refractivity contribution in [3.8, 4) is 0 Å². The molecule has 2 heteroatoms. The number of hydrogen-bond acceptors (Lipinski definition) is 2. The molecule has 0 amide bonds. The average Bonchev–Trinajstić information content (AvgIpc) is 2.22. The Morgan fingerprint density at radius 3 is 2.07 bits per heavy atom. The van der Waals surface area contributed by atoms with Gasteiger partial charge in [-0.1, -0.05) is 46.0 Å². The summed E-state index contributed by atoms with van der Waals surface area (Å²) >= 11 is 0. The van der Waals surface area contributed by atoms with Crippen molar-refractivity contribution in [1.29, 1.82) is 0 Å². The van der Waals surface area contributed by atoms with Crippen molar-refractivity contribution in [1.82, 2.24) is 0 Å². The highest BCUT2D eigenvalue weighted by Crippen LogP contribution is 2.18. The van der Waals surface area contributed by atoms with Gasteiger partial charge in [-0.25, -0.2) is 0 Å². The third kappa shape index (κ3) is 6.39. The van der Waals surface area contributed by atoms with E-state index in [2.05, 4.69) is 6.92 Å². The minimum Gasteiger partial charge on any atom is -0.396 e. The lowest BCUT2D eigenvalue weighted by Crippen LogP contribution is -2.19. The van der Waals surface area contributed by atoms with Crippen LogP contribution in [-0.2, 0) is 0 Å². The third-order valence-corrected chi connectivity index (χ3v) is 3.01. The molecule has 0 radical (unpaired) electrons. The van der Waals surface area contributed by atoms with Gasteiger partial charge in [0.2, 0.25) is 0 Å². The Kier molecular flexibility index (Phi) is 9.42. The minimum atomic E-state index is 0.195. The highest BCUT2D eigenvalue weighted by atomic mass is 16.3. The number of aliphatic hydroxyl groups is 2. The highest BCUT2D eigenvalue weighted by Gasteiger charge is 2.14. The summed E-state index contributed by atoms with van der Waals surface area (Å²) in [6.07, 6.45) is 7.41. The monoisotopic (exact) mass is 202 g/mol. The average molecular weight is 202 g/mol. The maximum Gasteiger partial charge on any atom is 0.0462 e. The van der Waals surface area contributed by atoms with Gasteiger partial charge in [-0.05, 0) is 18.3 Å². The lowest BCUT2D eigenvalue weighted by molar-refractivity contribution is 0.122. The summed E-state index contributed by atoms with van der Waals surface area (Å²) in [7, 11) is 0. The fraction of sp³-hybridized carbons (Fsp3) is 1.00. The van der Waals surface area contributed by atoms with Gasteiger partial charge in [0, 0.05) is 13.2 Å². The Balaban J connectivity index is 3.42. The molecule has 86 valence electrons. The smallest absolute Gasteiger partial charge is 0.0462 e. The van der Waals surface area contributed by atoms with Gasteiger partial charge >= 0.3 is 0 Å². The zero-order valence-electron chi connectivity index (χ0n) is 9.71. The predicted octanol–water partition coefficient (Wildman–Crippen LogP) is 2.58. The van der Waals surface area contributed by atoms with E-state index in [0.29, 0.717) is 5.92 Å². The van der Waals surface area contributed by atoms with Crippen molar-refractivity contribution in [2.24, 2.45) is 11.8 Å². The van der Waals surface area contributed by atoms with E-state index in [1.165, 1.54) is 32.1 Å². The van der Waals surface area contributed by atoms with E-state index in [0.717, 1.165) is 6.42 Å². The molecular weight excluding hydrogens is 176 g/mol. The first-order valence-corrected chi connectivity index (χ1v) is 5.97. The maximum atomic E-state index is 9.12. The molecule has 2 N–H and O–H groups in total. The fourth-order valence-electron chi connectivity index (χ4n) is 1.71. The zero-order chi connectivity index (χ0) is 10.8. The van der Waals surface area contributed by atoms with Crippen molar-refractivity contribution in [3.63, 3.8) is 0 Å². The lowest BCUT2D eigenvalue weighted by atomic mass is 9.90. The summed E-state index contributed by atoms with van der Waals surface area (Å²) in [4.78, 5) is 0. The molecular formula is C12H26O2. The molecule has 0 aromatic heterocycles. The molecule has 0 aromatic carbocycles. The van der Waals surface area contributed by atoms with Gasteiger partial charge in [-0.15, -0.1) is 0 Å². The quantitative estimate of drug-likeness (QED) is 0.564. The number of unbranched alkanes of at least 4 members (excludes halogenated alkanes) is 4. The molecule has 0 aromatic rings. The van der Waals surface area contributed by atoms with Gasteiger partial charge < -0.3 is 10.2 Å². The molecule has 2 unspecified atom stereocenters. The molecule has 0 aliphatic heterocycles. The van der Waals surface area contributed by atoms with E-state index in [-0.39, 0.29) is 19.1 Å². The lowest BCUT2D eigenvalue weighted by Gasteiger charge is -2.19. The van der Waals surface area contributed by atoms with Crippen molar-refractivity contribution in [3.05, 3.63) is 0 Å². The summed E-state index contributed by atoms with van der Waals surface area (Å²) in [5, 5.41) is 18.1. The van der Waals surface area contributed by atoms with Crippen LogP contribution in [0.15, 0.2) is 0 Å². The van der Waals surface area contributed by atoms with Crippen LogP contribution in [0.5, 0.6) is 0 Å². The van der Waals surface area contributed by atoms with Crippen LogP contribution < -0.4 is 0 Å². The standard InChI is InChI=1S/C12H26O2/c1-3-4-5-6-7-8-12(10-14)11(2)9-13/h11-14H,3-10H2,1-2H3. The van der Waals surface area contributed by atoms with E-state index >= 15 is 0 Å². The number of rotatable bonds is 9. The molecule has 0 aliphatic rings. The van der Waals surface area contributed by atoms with Crippen LogP contribution in [0.3, 0.4) is 0 Å². The molecule has 0 aliphatic carbocycles. The van der Waals surface area contributed by atoms with E-state index < -0.39 is 0 Å². The van der Waals surface area contributed by atoms with Crippen LogP contribution in [0.2, 0.25) is 0 Å². The van der Waals surface area contributed by atoms with Gasteiger partial charge in [0.05, 0.1) is 0 Å². The third-order valence-electron chi connectivity index (χ3n) is 3.01. The molecule has 0 saturated heterocycles. The van der Waals surface area contributed by atoms with Gasteiger partial charge in [0.25, 0.3) is 0 Å². The first kappa shape index (κ1) is 13.9. The second-order valence-corrected chi connectivity index (χ2v) is 4.31. The Labute approximate surface area is 88.3 Å². The molecule has 0 rings (SSSR count). The summed E-state index contributed by atoms with van der Waals surface area (Å²) in [6, 6.07) is 0. The molecule has 0 heterocycles. The highest BCUT2D eigenvalue weighted by molar-refractivity contribution is 4.64. The van der Waals surface area contributed by atoms with Crippen LogP contribution in [0.4, 0.5) is 0 Å². The predicted molar refractivity (Wildman–Crippen MR) is 60.2 cm³/mol. The van der Waals surface area contributed by atoms with Crippen LogP contribution in [0.1, 0.15) is 52.4 Å². The van der Waals surface area contributed by atoms with Gasteiger partial charge in [-0.2, -0.15) is 0 Å². The Bertz CT molecular complexity index is 115. The van der Waals surface area contributed by atoms with E-state index in [4.69, 9.17) is 10.2 Å². The van der Waals surface area contributed by atoms with Crippen molar-refractivity contribution < 1.29 is 10.2 Å². The molecule has 2 atom stereocenters. The first-order chi connectivity index (χ1) is 6.76. The summed E-state index contributed by atoms with van der Waals surface area (Å²) < 4.78 is 0. The van der Waals surface area contributed by atoms with E-state index in [1.54, 1.807) is 0 Å². The topological polar surface area (TPSA) is 40.5 Å². The molecule has 0 fully saturated rings. The van der Waals surface area contributed by atoms with Crippen LogP contribution in [0, 0.1) is 11.8 Å². The Morgan fingerprint density at radius 2 is 1.57 bits per heavy atom. The molecule has 0 spiro atoms. The second kappa shape index (κ2) is 9.47. The van der Waals surface area contributed by atoms with Gasteiger partial charge in [0.1, 0.15) is 0 Å². The largest absolute Gasteiger partial charge is 0.396 e. The normalized spacial score (nSPS) is 15.4. The SMILES string of the molecule is CCCCCCCC(CO)C(C)CO. The molecule has 2 nitrogen and oxygen atoms in total. The minimum absolute atomic E-state index is 0.195. The van der Waals surface area contributed by atoms with E-state index in [1.807, 2.05) is 6.92 Å².